The Bertz CT molecular complexity index is 618. The van der Waals surface area contributed by atoms with E-state index in [1.807, 2.05) is 19.9 Å². The fourth-order valence-electron chi connectivity index (χ4n) is 2.14. The summed E-state index contributed by atoms with van der Waals surface area (Å²) >= 11 is 5.78. The topological polar surface area (TPSA) is 63.8 Å². The normalized spacial score (nSPS) is 12.4. The Morgan fingerprint density at radius 1 is 1.30 bits per heavy atom. The molecular weight excluding hydrogens is 279 g/mol. The molecule has 20 heavy (non-hydrogen) atoms. The fraction of sp³-hybridized carbons (Fsp3) is 0.286. The number of rotatable bonds is 4. The number of hydrogen-bond acceptors (Lipinski definition) is 4. The Balaban J connectivity index is 2.54. The van der Waals surface area contributed by atoms with Gasteiger partial charge in [-0.15, -0.1) is 0 Å². The maximum absolute atomic E-state index is 14.1. The van der Waals surface area contributed by atoms with Gasteiger partial charge in [0, 0.05) is 16.1 Å². The maximum atomic E-state index is 14.1. The standard InChI is InChI=1S/C14H16ClFN4/c1-3-13-11(6-8(2)19-20-13)14(18-17)10-5-4-9(15)7-12(10)16/h4-7,14,18H,3,17H2,1-2H3. The minimum atomic E-state index is -0.489. The van der Waals surface area contributed by atoms with Crippen molar-refractivity contribution >= 4 is 11.6 Å². The zero-order valence-corrected chi connectivity index (χ0v) is 12.1. The number of nitrogens with zero attached hydrogens (tertiary/aromatic N) is 2. The molecule has 1 aromatic carbocycles. The van der Waals surface area contributed by atoms with Gasteiger partial charge in [0.15, 0.2) is 0 Å². The van der Waals surface area contributed by atoms with Crippen molar-refractivity contribution in [3.8, 4) is 0 Å². The lowest BCUT2D eigenvalue weighted by atomic mass is 9.96. The molecule has 6 heteroatoms. The van der Waals surface area contributed by atoms with Crippen LogP contribution >= 0.6 is 11.6 Å². The number of benzene rings is 1. The minimum Gasteiger partial charge on any atom is -0.271 e. The van der Waals surface area contributed by atoms with E-state index < -0.39 is 11.9 Å². The molecule has 0 aliphatic heterocycles. The molecule has 0 radical (unpaired) electrons. The van der Waals surface area contributed by atoms with E-state index in [9.17, 15) is 4.39 Å². The number of aromatic nitrogens is 2. The molecule has 0 aliphatic carbocycles. The predicted octanol–water partition coefficient (Wildman–Crippen LogP) is 2.69. The minimum absolute atomic E-state index is 0.349. The van der Waals surface area contributed by atoms with Crippen molar-refractivity contribution in [3.05, 3.63) is 57.6 Å². The van der Waals surface area contributed by atoms with E-state index in [4.69, 9.17) is 17.4 Å². The third-order valence-electron chi connectivity index (χ3n) is 3.11. The highest BCUT2D eigenvalue weighted by atomic mass is 35.5. The van der Waals surface area contributed by atoms with Gasteiger partial charge < -0.3 is 0 Å². The van der Waals surface area contributed by atoms with Gasteiger partial charge in [0.2, 0.25) is 0 Å². The SMILES string of the molecule is CCc1nnc(C)cc1C(NN)c1ccc(Cl)cc1F. The van der Waals surface area contributed by atoms with Crippen LogP contribution in [0, 0.1) is 12.7 Å². The lowest BCUT2D eigenvalue weighted by molar-refractivity contribution is 0.555. The van der Waals surface area contributed by atoms with Crippen molar-refractivity contribution in [2.24, 2.45) is 5.84 Å². The molecule has 0 fully saturated rings. The Morgan fingerprint density at radius 3 is 2.65 bits per heavy atom. The van der Waals surface area contributed by atoms with Gasteiger partial charge in [-0.3, -0.25) is 5.84 Å². The third-order valence-corrected chi connectivity index (χ3v) is 3.35. The molecule has 0 saturated heterocycles. The van der Waals surface area contributed by atoms with Gasteiger partial charge in [0.05, 0.1) is 17.4 Å². The molecule has 106 valence electrons. The van der Waals surface area contributed by atoms with Gasteiger partial charge >= 0.3 is 0 Å². The Morgan fingerprint density at radius 2 is 2.05 bits per heavy atom. The Hall–Kier alpha value is -1.56. The Labute approximate surface area is 122 Å². The Kier molecular flexibility index (Phi) is 4.65. The second-order valence-electron chi connectivity index (χ2n) is 4.51. The highest BCUT2D eigenvalue weighted by molar-refractivity contribution is 6.30. The lowest BCUT2D eigenvalue weighted by Gasteiger charge is -2.20. The highest BCUT2D eigenvalue weighted by Gasteiger charge is 2.20. The quantitative estimate of drug-likeness (QED) is 0.672. The smallest absolute Gasteiger partial charge is 0.129 e. The van der Waals surface area contributed by atoms with Crippen LogP contribution < -0.4 is 11.3 Å². The first-order valence-electron chi connectivity index (χ1n) is 6.31. The second-order valence-corrected chi connectivity index (χ2v) is 4.94. The molecule has 0 aliphatic rings. The average molecular weight is 295 g/mol. The van der Waals surface area contributed by atoms with Gasteiger partial charge in [-0.1, -0.05) is 24.6 Å². The highest BCUT2D eigenvalue weighted by Crippen LogP contribution is 2.27. The monoisotopic (exact) mass is 294 g/mol. The largest absolute Gasteiger partial charge is 0.271 e. The van der Waals surface area contributed by atoms with E-state index in [0.717, 1.165) is 17.0 Å². The first kappa shape index (κ1) is 14.8. The average Bonchev–Trinajstić information content (AvgIpc) is 2.42. The molecule has 1 atom stereocenters. The summed E-state index contributed by atoms with van der Waals surface area (Å²) < 4.78 is 14.1. The zero-order valence-electron chi connectivity index (χ0n) is 11.3. The summed E-state index contributed by atoms with van der Waals surface area (Å²) in [4.78, 5) is 0. The molecule has 2 rings (SSSR count). The van der Waals surface area contributed by atoms with Gasteiger partial charge in [-0.05, 0) is 31.5 Å². The van der Waals surface area contributed by atoms with Crippen molar-refractivity contribution in [2.45, 2.75) is 26.3 Å². The molecular formula is C14H16ClFN4. The van der Waals surface area contributed by atoms with E-state index in [0.29, 0.717) is 17.0 Å². The zero-order chi connectivity index (χ0) is 14.7. The molecule has 4 nitrogen and oxygen atoms in total. The summed E-state index contributed by atoms with van der Waals surface area (Å²) in [5.74, 6) is 5.21. The van der Waals surface area contributed by atoms with Crippen LogP contribution in [0.25, 0.3) is 0 Å². The van der Waals surface area contributed by atoms with Crippen LogP contribution in [0.15, 0.2) is 24.3 Å². The predicted molar refractivity (Wildman–Crippen MR) is 76.7 cm³/mol. The fourth-order valence-corrected chi connectivity index (χ4v) is 2.30. The van der Waals surface area contributed by atoms with Crippen LogP contribution in [0.3, 0.4) is 0 Å². The van der Waals surface area contributed by atoms with E-state index in [1.54, 1.807) is 12.1 Å². The van der Waals surface area contributed by atoms with Crippen LogP contribution in [-0.4, -0.2) is 10.2 Å². The summed E-state index contributed by atoms with van der Waals surface area (Å²) in [7, 11) is 0. The first-order valence-corrected chi connectivity index (χ1v) is 6.68. The summed E-state index contributed by atoms with van der Waals surface area (Å²) in [5.41, 5.74) is 5.44. The van der Waals surface area contributed by atoms with E-state index >= 15 is 0 Å². The van der Waals surface area contributed by atoms with Crippen LogP contribution in [0.2, 0.25) is 5.02 Å². The van der Waals surface area contributed by atoms with Crippen molar-refractivity contribution in [2.75, 3.05) is 0 Å². The van der Waals surface area contributed by atoms with Crippen molar-refractivity contribution in [1.82, 2.24) is 15.6 Å². The number of nitrogens with two attached hydrogens (primary N) is 1. The van der Waals surface area contributed by atoms with Gasteiger partial charge in [-0.25, -0.2) is 9.82 Å². The number of nitrogens with one attached hydrogen (secondary N) is 1. The molecule has 1 unspecified atom stereocenters. The third kappa shape index (κ3) is 2.95. The number of hydrogen-bond donors (Lipinski definition) is 2. The van der Waals surface area contributed by atoms with Gasteiger partial charge in [0.1, 0.15) is 5.82 Å². The summed E-state index contributed by atoms with van der Waals surface area (Å²) in [6.07, 6.45) is 0.690. The second kappa shape index (κ2) is 6.26. The maximum Gasteiger partial charge on any atom is 0.129 e. The van der Waals surface area contributed by atoms with Crippen LogP contribution in [-0.2, 0) is 6.42 Å². The number of halogens is 2. The molecule has 0 saturated carbocycles. The number of aryl methyl sites for hydroxylation is 2. The van der Waals surface area contributed by atoms with Crippen LogP contribution in [0.1, 0.15) is 35.5 Å². The van der Waals surface area contributed by atoms with Gasteiger partial charge in [0.25, 0.3) is 0 Å². The van der Waals surface area contributed by atoms with Crippen molar-refractivity contribution in [1.29, 1.82) is 0 Å². The number of hydrazine groups is 1. The molecule has 0 bridgehead atoms. The van der Waals surface area contributed by atoms with Crippen molar-refractivity contribution in [3.63, 3.8) is 0 Å². The molecule has 0 amide bonds. The summed E-state index contributed by atoms with van der Waals surface area (Å²) in [5, 5.41) is 8.52. The van der Waals surface area contributed by atoms with E-state index in [2.05, 4.69) is 15.6 Å². The molecule has 0 spiro atoms. The van der Waals surface area contributed by atoms with Crippen molar-refractivity contribution < 1.29 is 4.39 Å². The van der Waals surface area contributed by atoms with Gasteiger partial charge in [-0.2, -0.15) is 10.2 Å². The summed E-state index contributed by atoms with van der Waals surface area (Å²) in [6, 6.07) is 5.91. The summed E-state index contributed by atoms with van der Waals surface area (Å²) in [6.45, 7) is 3.80. The van der Waals surface area contributed by atoms with E-state index in [-0.39, 0.29) is 0 Å². The van der Waals surface area contributed by atoms with E-state index in [1.165, 1.54) is 6.07 Å². The van der Waals surface area contributed by atoms with Crippen LogP contribution in [0.4, 0.5) is 4.39 Å². The lowest BCUT2D eigenvalue weighted by Crippen LogP contribution is -2.30. The molecule has 2 aromatic rings. The van der Waals surface area contributed by atoms with Crippen LogP contribution in [0.5, 0.6) is 0 Å². The first-order chi connectivity index (χ1) is 9.56. The molecule has 1 aromatic heterocycles. The molecule has 1 heterocycles. The molecule has 3 N–H and O–H groups in total.